The molecule has 0 bridgehead atoms. The van der Waals surface area contributed by atoms with Crippen LogP contribution in [0, 0.1) is 0 Å². The third kappa shape index (κ3) is 2.20. The minimum Gasteiger partial charge on any atom is -0.410 e. The fourth-order valence-corrected chi connectivity index (χ4v) is 2.26. The minimum atomic E-state index is 0.581. The van der Waals surface area contributed by atoms with Crippen LogP contribution in [-0.4, -0.2) is 10.9 Å². The topological polar surface area (TPSA) is 32.6 Å². The number of benzene rings is 2. The minimum absolute atomic E-state index is 0.581. The maximum atomic E-state index is 8.99. The van der Waals surface area contributed by atoms with E-state index in [0.717, 1.165) is 22.3 Å². The van der Waals surface area contributed by atoms with Gasteiger partial charge in [-0.25, -0.2) is 0 Å². The summed E-state index contributed by atoms with van der Waals surface area (Å²) in [4.78, 5) is 0. The van der Waals surface area contributed by atoms with Gasteiger partial charge in [-0.05, 0) is 34.4 Å². The number of hydrogen-bond acceptors (Lipinski definition) is 2. The summed E-state index contributed by atoms with van der Waals surface area (Å²) >= 11 is 0. The lowest BCUT2D eigenvalue weighted by Gasteiger charge is -2.08. The lowest BCUT2D eigenvalue weighted by atomic mass is 9.95. The van der Waals surface area contributed by atoms with Crippen molar-refractivity contribution in [2.45, 2.75) is 0 Å². The molecule has 0 atom stereocenters. The van der Waals surface area contributed by atoms with Crippen molar-refractivity contribution >= 4 is 16.9 Å². The molecule has 0 radical (unpaired) electrons. The van der Waals surface area contributed by atoms with E-state index < -0.39 is 0 Å². The van der Waals surface area contributed by atoms with Crippen molar-refractivity contribution in [3.8, 4) is 0 Å². The third-order valence-electron chi connectivity index (χ3n) is 3.16. The summed E-state index contributed by atoms with van der Waals surface area (Å²) in [5.41, 5.74) is 4.99. The summed E-state index contributed by atoms with van der Waals surface area (Å²) in [6, 6.07) is 20.2. The van der Waals surface area contributed by atoms with Gasteiger partial charge in [-0.15, -0.1) is 0 Å². The average molecular weight is 247 g/mol. The summed E-state index contributed by atoms with van der Waals surface area (Å²) in [6.45, 7) is 0. The van der Waals surface area contributed by atoms with Crippen LogP contribution in [0.5, 0.6) is 0 Å². The van der Waals surface area contributed by atoms with Crippen LogP contribution in [0.1, 0.15) is 11.1 Å². The van der Waals surface area contributed by atoms with Crippen LogP contribution in [-0.2, 0) is 0 Å². The molecule has 0 saturated carbocycles. The van der Waals surface area contributed by atoms with Crippen molar-refractivity contribution in [2.75, 3.05) is 0 Å². The molecule has 1 N–H and O–H groups in total. The second kappa shape index (κ2) is 4.94. The standard InChI is InChI=1S/C17H13NO/c19-18-15-11-16(13-7-3-1-4-8-13)17(12-15)14-9-5-2-6-10-14/h1-12,19H. The first-order chi connectivity index (χ1) is 9.38. The molecule has 92 valence electrons. The lowest BCUT2D eigenvalue weighted by molar-refractivity contribution is 0.320. The summed E-state index contributed by atoms with van der Waals surface area (Å²) < 4.78 is 0. The Morgan fingerprint density at radius 1 is 0.632 bits per heavy atom. The molecule has 19 heavy (non-hydrogen) atoms. The van der Waals surface area contributed by atoms with Crippen molar-refractivity contribution in [1.29, 1.82) is 0 Å². The molecule has 0 spiro atoms. The maximum Gasteiger partial charge on any atom is 0.103 e. The summed E-state index contributed by atoms with van der Waals surface area (Å²) in [7, 11) is 0. The predicted molar refractivity (Wildman–Crippen MR) is 78.1 cm³/mol. The van der Waals surface area contributed by atoms with Gasteiger partial charge < -0.3 is 5.21 Å². The van der Waals surface area contributed by atoms with Gasteiger partial charge in [0.25, 0.3) is 0 Å². The molecule has 0 aliphatic heterocycles. The zero-order chi connectivity index (χ0) is 13.1. The number of allylic oxidation sites excluding steroid dienone is 4. The smallest absolute Gasteiger partial charge is 0.103 e. The molecule has 1 aliphatic carbocycles. The molecular formula is C17H13NO. The maximum absolute atomic E-state index is 8.99. The summed E-state index contributed by atoms with van der Waals surface area (Å²) in [6.07, 6.45) is 3.80. The predicted octanol–water partition coefficient (Wildman–Crippen LogP) is 4.00. The SMILES string of the molecule is ON=C1C=C(c2ccccc2)C(c2ccccc2)=C1. The zero-order valence-electron chi connectivity index (χ0n) is 10.3. The van der Waals surface area contributed by atoms with Crippen LogP contribution < -0.4 is 0 Å². The van der Waals surface area contributed by atoms with E-state index in [9.17, 15) is 0 Å². The Kier molecular flexibility index (Phi) is 2.99. The van der Waals surface area contributed by atoms with Crippen LogP contribution in [0.25, 0.3) is 11.1 Å². The molecule has 0 aromatic heterocycles. The number of hydrogen-bond donors (Lipinski definition) is 1. The van der Waals surface area contributed by atoms with Gasteiger partial charge in [0, 0.05) is 0 Å². The monoisotopic (exact) mass is 247 g/mol. The Morgan fingerprint density at radius 2 is 1.05 bits per heavy atom. The first-order valence-corrected chi connectivity index (χ1v) is 6.15. The van der Waals surface area contributed by atoms with Crippen molar-refractivity contribution in [3.05, 3.63) is 83.9 Å². The van der Waals surface area contributed by atoms with Gasteiger partial charge in [-0.1, -0.05) is 65.8 Å². The molecule has 2 aromatic rings. The second-order valence-electron chi connectivity index (χ2n) is 4.37. The normalized spacial score (nSPS) is 14.0. The Labute approximate surface area is 112 Å². The van der Waals surface area contributed by atoms with Gasteiger partial charge in [0.05, 0.1) is 0 Å². The van der Waals surface area contributed by atoms with Crippen LogP contribution in [0.3, 0.4) is 0 Å². The second-order valence-corrected chi connectivity index (χ2v) is 4.37. The summed E-state index contributed by atoms with van der Waals surface area (Å²) in [5, 5.41) is 12.3. The van der Waals surface area contributed by atoms with E-state index in [1.165, 1.54) is 0 Å². The first-order valence-electron chi connectivity index (χ1n) is 6.15. The molecule has 2 heteroatoms. The molecular weight excluding hydrogens is 234 g/mol. The highest BCUT2D eigenvalue weighted by Crippen LogP contribution is 2.35. The molecule has 2 nitrogen and oxygen atoms in total. The fourth-order valence-electron chi connectivity index (χ4n) is 2.26. The van der Waals surface area contributed by atoms with Crippen molar-refractivity contribution < 1.29 is 5.21 Å². The van der Waals surface area contributed by atoms with Crippen LogP contribution >= 0.6 is 0 Å². The van der Waals surface area contributed by atoms with Crippen LogP contribution in [0.15, 0.2) is 78.0 Å². The highest BCUT2D eigenvalue weighted by Gasteiger charge is 2.17. The Balaban J connectivity index is 2.11. The van der Waals surface area contributed by atoms with Gasteiger partial charge in [-0.2, -0.15) is 0 Å². The van der Waals surface area contributed by atoms with E-state index in [0.29, 0.717) is 5.71 Å². The summed E-state index contributed by atoms with van der Waals surface area (Å²) in [5.74, 6) is 0. The quantitative estimate of drug-likeness (QED) is 0.631. The van der Waals surface area contributed by atoms with E-state index in [1.54, 1.807) is 0 Å². The van der Waals surface area contributed by atoms with Crippen LogP contribution in [0.2, 0.25) is 0 Å². The zero-order valence-corrected chi connectivity index (χ0v) is 10.3. The van der Waals surface area contributed by atoms with Crippen molar-refractivity contribution in [3.63, 3.8) is 0 Å². The fraction of sp³-hybridized carbons (Fsp3) is 0. The number of oxime groups is 1. The highest BCUT2D eigenvalue weighted by atomic mass is 16.4. The Hall–Kier alpha value is -2.61. The number of nitrogens with zero attached hydrogens (tertiary/aromatic N) is 1. The molecule has 0 fully saturated rings. The van der Waals surface area contributed by atoms with Crippen molar-refractivity contribution in [2.24, 2.45) is 5.16 Å². The molecule has 0 saturated heterocycles. The molecule has 0 heterocycles. The number of rotatable bonds is 2. The molecule has 2 aromatic carbocycles. The van der Waals surface area contributed by atoms with Gasteiger partial charge in [0.15, 0.2) is 0 Å². The van der Waals surface area contributed by atoms with E-state index in [1.807, 2.05) is 48.6 Å². The third-order valence-corrected chi connectivity index (χ3v) is 3.16. The molecule has 3 rings (SSSR count). The molecule has 1 aliphatic rings. The first kappa shape index (κ1) is 11.5. The van der Waals surface area contributed by atoms with E-state index >= 15 is 0 Å². The van der Waals surface area contributed by atoms with Crippen LogP contribution in [0.4, 0.5) is 0 Å². The van der Waals surface area contributed by atoms with E-state index in [-0.39, 0.29) is 0 Å². The largest absolute Gasteiger partial charge is 0.410 e. The Bertz CT molecular complexity index is 609. The highest BCUT2D eigenvalue weighted by molar-refractivity contribution is 6.27. The van der Waals surface area contributed by atoms with Gasteiger partial charge in [-0.3, -0.25) is 0 Å². The average Bonchev–Trinajstić information content (AvgIpc) is 2.93. The van der Waals surface area contributed by atoms with E-state index in [4.69, 9.17) is 5.21 Å². The van der Waals surface area contributed by atoms with Crippen molar-refractivity contribution in [1.82, 2.24) is 0 Å². The van der Waals surface area contributed by atoms with Gasteiger partial charge in [0.2, 0.25) is 0 Å². The van der Waals surface area contributed by atoms with Gasteiger partial charge in [0.1, 0.15) is 5.71 Å². The van der Waals surface area contributed by atoms with Gasteiger partial charge >= 0.3 is 0 Å². The Morgan fingerprint density at radius 3 is 1.42 bits per heavy atom. The molecule has 0 amide bonds. The van der Waals surface area contributed by atoms with E-state index in [2.05, 4.69) is 29.4 Å². The lowest BCUT2D eigenvalue weighted by Crippen LogP contribution is -1.86. The molecule has 0 unspecified atom stereocenters.